The zero-order valence-electron chi connectivity index (χ0n) is 28.3. The van der Waals surface area contributed by atoms with Gasteiger partial charge in [0.1, 0.15) is 35.4 Å². The monoisotopic (exact) mass is 803 g/mol. The van der Waals surface area contributed by atoms with E-state index in [0.29, 0.717) is 24.3 Å². The van der Waals surface area contributed by atoms with Gasteiger partial charge in [-0.2, -0.15) is 73.7 Å². The van der Waals surface area contributed by atoms with Crippen molar-refractivity contribution in [2.24, 2.45) is 0 Å². The van der Waals surface area contributed by atoms with Gasteiger partial charge in [0.25, 0.3) is 0 Å². The lowest BCUT2D eigenvalue weighted by Gasteiger charge is -2.15. The van der Waals surface area contributed by atoms with Crippen LogP contribution < -0.4 is 0 Å². The van der Waals surface area contributed by atoms with Crippen LogP contribution in [0.15, 0.2) is 90.0 Å². The van der Waals surface area contributed by atoms with Crippen LogP contribution in [0.4, 0.5) is 52.7 Å². The third-order valence-electron chi connectivity index (χ3n) is 9.44. The van der Waals surface area contributed by atoms with Gasteiger partial charge in [-0.25, -0.2) is 4.98 Å². The second-order valence-corrected chi connectivity index (χ2v) is 12.8. The van der Waals surface area contributed by atoms with Gasteiger partial charge in [-0.3, -0.25) is 0 Å². The highest BCUT2D eigenvalue weighted by Gasteiger charge is 2.40. The van der Waals surface area contributed by atoms with Crippen molar-refractivity contribution in [1.29, 1.82) is 21.0 Å². The van der Waals surface area contributed by atoms with Crippen LogP contribution in [0.5, 0.6) is 0 Å². The summed E-state index contributed by atoms with van der Waals surface area (Å²) in [6, 6.07) is 17.6. The molecule has 1 aromatic heterocycles. The van der Waals surface area contributed by atoms with E-state index < -0.39 is 69.2 Å². The van der Waals surface area contributed by atoms with Crippen LogP contribution in [0, 0.1) is 45.3 Å². The van der Waals surface area contributed by atoms with Crippen molar-refractivity contribution in [3.63, 3.8) is 0 Å². The SMILES string of the molecule is N#CC(C#N)=C1c2cc(-c3cc(C(F)(F)F)cc(C(F)(F)F)c3)ccc2-c2cc3c(nc21)C(=C(C#N)C#N)c1cc(-c2cc(C(F)(F)F)cc(C(F)(F)F)c2)ccc1-3. The summed E-state index contributed by atoms with van der Waals surface area (Å²) >= 11 is 0. The molecule has 286 valence electrons. The fraction of sp³-hybridized carbons (Fsp3) is 0.0976. The van der Waals surface area contributed by atoms with Crippen LogP contribution in [0.1, 0.15) is 44.8 Å². The Bertz CT molecular complexity index is 2590. The molecule has 0 atom stereocenters. The van der Waals surface area contributed by atoms with Gasteiger partial charge in [-0.1, -0.05) is 24.3 Å². The second kappa shape index (κ2) is 13.1. The van der Waals surface area contributed by atoms with E-state index in [9.17, 15) is 73.7 Å². The molecule has 0 spiro atoms. The van der Waals surface area contributed by atoms with Crippen molar-refractivity contribution in [2.45, 2.75) is 24.7 Å². The molecule has 1 heterocycles. The van der Waals surface area contributed by atoms with Gasteiger partial charge in [0.05, 0.1) is 33.6 Å². The van der Waals surface area contributed by atoms with E-state index in [4.69, 9.17) is 0 Å². The summed E-state index contributed by atoms with van der Waals surface area (Å²) in [5.41, 5.74) is -8.65. The first-order valence-corrected chi connectivity index (χ1v) is 16.1. The molecule has 0 unspecified atom stereocenters. The van der Waals surface area contributed by atoms with Gasteiger partial charge in [-0.05, 0) is 99.1 Å². The molecule has 0 fully saturated rings. The lowest BCUT2D eigenvalue weighted by atomic mass is 9.93. The van der Waals surface area contributed by atoms with Crippen molar-refractivity contribution >= 4 is 11.1 Å². The average Bonchev–Trinajstić information content (AvgIpc) is 3.64. The van der Waals surface area contributed by atoms with E-state index in [0.717, 1.165) is 0 Å². The molecule has 58 heavy (non-hydrogen) atoms. The third-order valence-corrected chi connectivity index (χ3v) is 9.44. The summed E-state index contributed by atoms with van der Waals surface area (Å²) in [4.78, 5) is 4.63. The maximum atomic E-state index is 13.7. The minimum absolute atomic E-state index is 0.0136. The number of hydrogen-bond donors (Lipinski definition) is 0. The Labute approximate surface area is 317 Å². The normalized spacial score (nSPS) is 13.0. The van der Waals surface area contributed by atoms with Gasteiger partial charge in [-0.15, -0.1) is 0 Å². The van der Waals surface area contributed by atoms with Crippen molar-refractivity contribution in [2.75, 3.05) is 0 Å². The Morgan fingerprint density at radius 3 is 0.948 bits per heavy atom. The predicted octanol–water partition coefficient (Wildman–Crippen LogP) is 12.1. The number of nitrogens with zero attached hydrogens (tertiary/aromatic N) is 5. The molecule has 0 N–H and O–H groups in total. The van der Waals surface area contributed by atoms with Crippen molar-refractivity contribution in [1.82, 2.24) is 4.98 Å². The molecule has 5 nitrogen and oxygen atoms in total. The highest BCUT2D eigenvalue weighted by Crippen LogP contribution is 2.53. The quantitative estimate of drug-likeness (QED) is 0.128. The first kappa shape index (κ1) is 38.9. The average molecular weight is 804 g/mol. The molecular formula is C41H13F12N5. The summed E-state index contributed by atoms with van der Waals surface area (Å²) in [5, 5.41) is 39.8. The second-order valence-electron chi connectivity index (χ2n) is 12.8. The van der Waals surface area contributed by atoms with Gasteiger partial charge in [0.15, 0.2) is 0 Å². The van der Waals surface area contributed by atoms with Crippen LogP contribution in [0.25, 0.3) is 55.7 Å². The molecule has 0 saturated carbocycles. The maximum absolute atomic E-state index is 13.7. The molecule has 0 bridgehead atoms. The first-order valence-electron chi connectivity index (χ1n) is 16.1. The number of aromatic nitrogens is 1. The zero-order chi connectivity index (χ0) is 42.3. The fourth-order valence-corrected chi connectivity index (χ4v) is 6.91. The summed E-state index contributed by atoms with van der Waals surface area (Å²) in [6.45, 7) is 0. The van der Waals surface area contributed by atoms with Crippen LogP contribution in [-0.2, 0) is 24.7 Å². The van der Waals surface area contributed by atoms with Crippen LogP contribution >= 0.6 is 0 Å². The van der Waals surface area contributed by atoms with E-state index in [-0.39, 0.29) is 79.2 Å². The molecule has 2 aliphatic carbocycles. The number of halogens is 12. The molecule has 7 rings (SSSR count). The maximum Gasteiger partial charge on any atom is 0.416 e. The summed E-state index contributed by atoms with van der Waals surface area (Å²) < 4.78 is 165. The highest BCUT2D eigenvalue weighted by atomic mass is 19.4. The van der Waals surface area contributed by atoms with E-state index in [2.05, 4.69) is 4.98 Å². The minimum Gasteiger partial charge on any atom is -0.246 e. The number of alkyl halides is 12. The summed E-state index contributed by atoms with van der Waals surface area (Å²) in [6.07, 6.45) is -20.7. The zero-order valence-corrected chi connectivity index (χ0v) is 28.3. The number of rotatable bonds is 2. The number of benzene rings is 4. The molecule has 0 aliphatic heterocycles. The first-order chi connectivity index (χ1) is 27.1. The van der Waals surface area contributed by atoms with Crippen molar-refractivity contribution in [3.05, 3.63) is 135 Å². The Morgan fingerprint density at radius 1 is 0.362 bits per heavy atom. The van der Waals surface area contributed by atoms with Crippen LogP contribution in [0.2, 0.25) is 0 Å². The number of fused-ring (bicyclic) bond motifs is 6. The number of hydrogen-bond acceptors (Lipinski definition) is 5. The van der Waals surface area contributed by atoms with Gasteiger partial charge < -0.3 is 0 Å². The van der Waals surface area contributed by atoms with Gasteiger partial charge >= 0.3 is 24.7 Å². The van der Waals surface area contributed by atoms with E-state index in [1.54, 1.807) is 24.3 Å². The van der Waals surface area contributed by atoms with E-state index in [1.807, 2.05) is 0 Å². The van der Waals surface area contributed by atoms with Gasteiger partial charge in [0.2, 0.25) is 0 Å². The number of nitriles is 4. The largest absolute Gasteiger partial charge is 0.416 e. The molecule has 17 heteroatoms. The molecule has 2 aliphatic rings. The smallest absolute Gasteiger partial charge is 0.246 e. The Hall–Kier alpha value is -7.37. The molecule has 4 aromatic carbocycles. The molecule has 0 saturated heterocycles. The Morgan fingerprint density at radius 2 is 0.672 bits per heavy atom. The topological polar surface area (TPSA) is 108 Å². The fourth-order valence-electron chi connectivity index (χ4n) is 6.91. The number of pyridine rings is 1. The molecule has 5 aromatic rings. The minimum atomic E-state index is -5.17. The van der Waals surface area contributed by atoms with Crippen molar-refractivity contribution in [3.8, 4) is 68.8 Å². The molecular weight excluding hydrogens is 790 g/mol. The summed E-state index contributed by atoms with van der Waals surface area (Å²) in [5.74, 6) is 0. The highest BCUT2D eigenvalue weighted by molar-refractivity contribution is 6.09. The van der Waals surface area contributed by atoms with E-state index in [1.165, 1.54) is 42.5 Å². The number of allylic oxidation sites excluding steroid dienone is 2. The summed E-state index contributed by atoms with van der Waals surface area (Å²) in [7, 11) is 0. The van der Waals surface area contributed by atoms with Crippen LogP contribution in [0.3, 0.4) is 0 Å². The Kier molecular flexibility index (Phi) is 8.79. The third kappa shape index (κ3) is 6.47. The molecule has 0 radical (unpaired) electrons. The Balaban J connectivity index is 1.46. The van der Waals surface area contributed by atoms with Crippen LogP contribution in [-0.4, -0.2) is 4.98 Å². The molecule has 0 amide bonds. The van der Waals surface area contributed by atoms with Crippen molar-refractivity contribution < 1.29 is 52.7 Å². The standard InChI is InChI=1S/C41H13F12N5/c42-38(43,44)24-5-20(6-25(11-24)39(45,46)47)18-1-3-28-30(9-18)34(22(14-54)15-55)36-32(28)13-33-29-4-2-19(10-31(29)35(37(33)58-36)23(16-56)17-57)21-7-26(40(48,49)50)12-27(8-21)41(51,52)53/h1-13H. The van der Waals surface area contributed by atoms with Gasteiger partial charge in [0, 0.05) is 22.3 Å². The lowest BCUT2D eigenvalue weighted by Crippen LogP contribution is -2.11. The predicted molar refractivity (Wildman–Crippen MR) is 180 cm³/mol. The lowest BCUT2D eigenvalue weighted by molar-refractivity contribution is -0.144. The van der Waals surface area contributed by atoms with E-state index >= 15 is 0 Å².